The quantitative estimate of drug-likeness (QED) is 0.0903. The zero-order chi connectivity index (χ0) is 69.9. The summed E-state index contributed by atoms with van der Waals surface area (Å²) in [5.74, 6) is 0. The van der Waals surface area contributed by atoms with Gasteiger partial charge in [-0.25, -0.2) is 4.85 Å². The first-order valence-electron chi connectivity index (χ1n) is 34.8. The predicted molar refractivity (Wildman–Crippen MR) is 435 cm³/mol. The van der Waals surface area contributed by atoms with Gasteiger partial charge >= 0.3 is 0 Å². The smallest absolute Gasteiger partial charge is 0.252 e. The average Bonchev–Trinajstić information content (AvgIpc) is 0.687. The van der Waals surface area contributed by atoms with Gasteiger partial charge in [-0.15, -0.1) is 0 Å². The number of anilines is 6. The van der Waals surface area contributed by atoms with Gasteiger partial charge < -0.3 is 9.80 Å². The minimum absolute atomic E-state index is 0.334. The highest BCUT2D eigenvalue weighted by Gasteiger charge is 2.46. The van der Waals surface area contributed by atoms with Crippen molar-refractivity contribution in [1.29, 1.82) is 5.26 Å². The molecule has 2 aliphatic heterocycles. The van der Waals surface area contributed by atoms with E-state index in [1.807, 2.05) is 48.5 Å². The summed E-state index contributed by atoms with van der Waals surface area (Å²) in [4.78, 5) is 9.05. The van der Waals surface area contributed by atoms with E-state index in [9.17, 15) is 5.26 Å². The Bertz CT molecular complexity index is 5370. The van der Waals surface area contributed by atoms with Crippen molar-refractivity contribution < 1.29 is 0 Å². The van der Waals surface area contributed by atoms with E-state index in [0.29, 0.717) is 21.3 Å². The van der Waals surface area contributed by atoms with E-state index in [1.165, 1.54) is 0 Å². The Morgan fingerprint density at radius 3 is 0.990 bits per heavy atom. The van der Waals surface area contributed by atoms with Gasteiger partial charge in [-0.3, -0.25) is 0 Å². The van der Waals surface area contributed by atoms with Crippen LogP contribution in [-0.2, 0) is 5.41 Å². The molecule has 0 N–H and O–H groups in total. The number of fused-ring (bicyclic) bond motifs is 4. The fourth-order valence-electron chi connectivity index (χ4n) is 15.3. The van der Waals surface area contributed by atoms with Gasteiger partial charge in [0.05, 0.1) is 29.6 Å². The van der Waals surface area contributed by atoms with Crippen molar-refractivity contribution in [2.75, 3.05) is 9.80 Å². The molecule has 0 saturated carbocycles. The average molecular weight is 1360 g/mol. The Morgan fingerprint density at radius 1 is 0.320 bits per heavy atom. The van der Waals surface area contributed by atoms with E-state index in [0.717, 1.165) is 167 Å². The first-order chi connectivity index (χ1) is 50.4. The van der Waals surface area contributed by atoms with Gasteiger partial charge in [0.2, 0.25) is 0 Å². The van der Waals surface area contributed by atoms with Gasteiger partial charge in [0.15, 0.2) is 5.69 Å². The molecular formula is C96H65BCl2N4. The van der Waals surface area contributed by atoms with Crippen molar-refractivity contribution in [2.45, 2.75) is 26.2 Å². The number of nitriles is 1. The summed E-state index contributed by atoms with van der Waals surface area (Å²) in [5.41, 5.74) is 31.4. The molecule has 15 aromatic carbocycles. The van der Waals surface area contributed by atoms with Crippen molar-refractivity contribution >= 4 is 86.1 Å². The molecule has 15 aromatic rings. The molecule has 7 heteroatoms. The first-order valence-corrected chi connectivity index (χ1v) is 35.5. The Kier molecular flexibility index (Phi) is 16.5. The number of halogens is 2. The molecule has 0 fully saturated rings. The van der Waals surface area contributed by atoms with Crippen molar-refractivity contribution in [2.24, 2.45) is 0 Å². The van der Waals surface area contributed by atoms with E-state index < -0.39 is 5.41 Å². The zero-order valence-electron chi connectivity index (χ0n) is 57.0. The summed E-state index contributed by atoms with van der Waals surface area (Å²) in [5, 5.41) is 11.7. The zero-order valence-corrected chi connectivity index (χ0v) is 58.5. The van der Waals surface area contributed by atoms with E-state index in [4.69, 9.17) is 29.8 Å². The third-order valence-electron chi connectivity index (χ3n) is 20.3. The molecule has 0 unspecified atom stereocenters. The third-order valence-corrected chi connectivity index (χ3v) is 20.8. The second kappa shape index (κ2) is 26.6. The van der Waals surface area contributed by atoms with Gasteiger partial charge in [0.25, 0.3) is 6.71 Å². The normalized spacial score (nSPS) is 12.0. The number of hydrogen-bond acceptors (Lipinski definition) is 3. The van der Waals surface area contributed by atoms with E-state index in [-0.39, 0.29) is 6.71 Å². The molecule has 0 bridgehead atoms. The van der Waals surface area contributed by atoms with Gasteiger partial charge in [0.1, 0.15) is 0 Å². The SMILES string of the molecule is [C-]#[N+]c1cccc(-c2cc(-c3cccc(-c4ccccc4)c3)c(N3c4cc(Cl)ccc4B4c5ccc(Cl)cc5N(c5c(-c6cccc(-c7ccccc7)c6)cc(-c6cccc(C#N)c6)cc5-c5cccc(-c6ccccc6)c5)c5cc(C(C)(C)C)cc3c54)c(-c3cccc(-c4ccccc4)c3)c2)c1. The van der Waals surface area contributed by atoms with Crippen LogP contribution in [-0.4, -0.2) is 6.71 Å². The molecule has 486 valence electrons. The molecule has 0 aromatic heterocycles. The number of benzene rings is 15. The molecule has 2 heterocycles. The van der Waals surface area contributed by atoms with Crippen LogP contribution < -0.4 is 26.2 Å². The van der Waals surface area contributed by atoms with Crippen LogP contribution in [0.5, 0.6) is 0 Å². The van der Waals surface area contributed by atoms with E-state index in [2.05, 4.69) is 333 Å². The first kappa shape index (κ1) is 63.9. The van der Waals surface area contributed by atoms with E-state index >= 15 is 0 Å². The van der Waals surface area contributed by atoms with Gasteiger partial charge in [-0.2, -0.15) is 5.26 Å². The largest absolute Gasteiger partial charge is 0.310 e. The summed E-state index contributed by atoms with van der Waals surface area (Å²) < 4.78 is 0. The van der Waals surface area contributed by atoms with Gasteiger partial charge in [-0.1, -0.05) is 281 Å². The van der Waals surface area contributed by atoms with Gasteiger partial charge in [-0.05, 0) is 220 Å². The maximum Gasteiger partial charge on any atom is 0.252 e. The van der Waals surface area contributed by atoms with Crippen LogP contribution in [0.3, 0.4) is 0 Å². The summed E-state index contributed by atoms with van der Waals surface area (Å²) in [6.07, 6.45) is 0. The fraction of sp³-hybridized carbons (Fsp3) is 0.0417. The molecule has 0 atom stereocenters. The Labute approximate surface area is 612 Å². The topological polar surface area (TPSA) is 34.6 Å². The van der Waals surface area contributed by atoms with Crippen LogP contribution in [0.1, 0.15) is 31.9 Å². The van der Waals surface area contributed by atoms with Crippen LogP contribution in [0.15, 0.2) is 340 Å². The van der Waals surface area contributed by atoms with Crippen LogP contribution >= 0.6 is 23.2 Å². The van der Waals surface area contributed by atoms with Gasteiger partial charge in [0, 0.05) is 55.0 Å². The highest BCUT2D eigenvalue weighted by atomic mass is 35.5. The number of nitrogens with zero attached hydrogens (tertiary/aromatic N) is 4. The maximum absolute atomic E-state index is 10.5. The molecule has 0 aliphatic carbocycles. The lowest BCUT2D eigenvalue weighted by molar-refractivity contribution is 0.590. The lowest BCUT2D eigenvalue weighted by Gasteiger charge is -2.46. The molecular weight excluding hydrogens is 1290 g/mol. The van der Waals surface area contributed by atoms with Crippen molar-refractivity contribution in [1.82, 2.24) is 0 Å². The molecule has 0 radical (unpaired) electrons. The standard InChI is InChI=1S/C96H65BCl2N4/c1-96(2,3)79-57-91-93-92(58-79)103(95-85(75-40-20-35-70(50-75)65-28-13-7-14-29-65)55-78(72-37-22-42-82(52-72)101-4)56-86(95)76-41-21-36-71(51-76)66-30-15-8-16-31-66)90-60-81(99)44-46-88(90)97(93)87-45-43-80(98)59-89(87)102(91)94-83(73-38-18-33-68(48-73)63-24-9-5-10-25-63)53-77(67-32-17-23-62(47-67)61-100)54-84(94)74-39-19-34-69(49-74)64-26-11-6-12-27-64/h5-60H,1-3H3. The van der Waals surface area contributed by atoms with Crippen LogP contribution in [0.4, 0.5) is 39.8 Å². The van der Waals surface area contributed by atoms with Crippen molar-refractivity contribution in [3.05, 3.63) is 372 Å². The lowest BCUT2D eigenvalue weighted by atomic mass is 9.33. The second-order valence-electron chi connectivity index (χ2n) is 27.7. The third kappa shape index (κ3) is 12.0. The molecule has 17 rings (SSSR count). The second-order valence-corrected chi connectivity index (χ2v) is 28.5. The number of rotatable bonds is 12. The van der Waals surface area contributed by atoms with Crippen LogP contribution in [0, 0.1) is 17.9 Å². The predicted octanol–water partition coefficient (Wildman–Crippen LogP) is 25.5. The molecule has 0 amide bonds. The minimum atomic E-state index is -0.422. The molecule has 103 heavy (non-hydrogen) atoms. The Hall–Kier alpha value is -12.5. The highest BCUT2D eigenvalue weighted by molar-refractivity contribution is 7.00. The molecule has 4 nitrogen and oxygen atoms in total. The molecule has 0 spiro atoms. The Morgan fingerprint density at radius 2 is 0.641 bits per heavy atom. The Balaban J connectivity index is 1.03. The fourth-order valence-corrected chi connectivity index (χ4v) is 15.7. The van der Waals surface area contributed by atoms with Crippen molar-refractivity contribution in [3.63, 3.8) is 0 Å². The monoisotopic (exact) mass is 1350 g/mol. The summed E-state index contributed by atoms with van der Waals surface area (Å²) in [6.45, 7) is 14.9. The summed E-state index contributed by atoms with van der Waals surface area (Å²) in [6, 6.07) is 124. The highest BCUT2D eigenvalue weighted by Crippen LogP contribution is 2.56. The minimum Gasteiger partial charge on any atom is -0.310 e. The lowest BCUT2D eigenvalue weighted by Crippen LogP contribution is -2.61. The molecule has 2 aliphatic rings. The van der Waals surface area contributed by atoms with E-state index in [1.54, 1.807) is 0 Å². The van der Waals surface area contributed by atoms with Crippen LogP contribution in [0.2, 0.25) is 10.0 Å². The maximum atomic E-state index is 10.5. The summed E-state index contributed by atoms with van der Waals surface area (Å²) in [7, 11) is 0. The molecule has 0 saturated heterocycles. The van der Waals surface area contributed by atoms with Crippen LogP contribution in [0.25, 0.3) is 116 Å². The van der Waals surface area contributed by atoms with Crippen molar-refractivity contribution in [3.8, 4) is 117 Å². The summed E-state index contributed by atoms with van der Waals surface area (Å²) >= 11 is 15.2. The number of hydrogen-bond donors (Lipinski definition) is 0.